The van der Waals surface area contributed by atoms with E-state index in [1.807, 2.05) is 0 Å². The van der Waals surface area contributed by atoms with E-state index in [1.54, 1.807) is 14.2 Å². The van der Waals surface area contributed by atoms with Crippen LogP contribution >= 0.6 is 0 Å². The number of methoxy groups -OCH3 is 2. The molecule has 0 aromatic carbocycles. The molecule has 0 bridgehead atoms. The quantitative estimate of drug-likeness (QED) is 0.291. The van der Waals surface area contributed by atoms with E-state index in [1.165, 1.54) is 6.42 Å². The Morgan fingerprint density at radius 3 is 1.45 bits per heavy atom. The Morgan fingerprint density at radius 2 is 1.36 bits per heavy atom. The van der Waals surface area contributed by atoms with E-state index in [0.29, 0.717) is 13.2 Å². The van der Waals surface area contributed by atoms with Crippen molar-refractivity contribution in [2.45, 2.75) is 19.8 Å². The van der Waals surface area contributed by atoms with Crippen molar-refractivity contribution in [3.8, 4) is 0 Å². The van der Waals surface area contributed by atoms with Gasteiger partial charge < -0.3 is 16.4 Å². The summed E-state index contributed by atoms with van der Waals surface area (Å²) in [4.78, 5) is 0. The summed E-state index contributed by atoms with van der Waals surface area (Å²) < 4.78 is 9.31. The number of hydrogen-bond acceptors (Lipinski definition) is 2. The Hall–Kier alpha value is 0.517. The molecule has 0 aliphatic rings. The van der Waals surface area contributed by atoms with Crippen molar-refractivity contribution in [1.29, 1.82) is 0 Å². The second-order valence-electron chi connectivity index (χ2n) is 1.84. The van der Waals surface area contributed by atoms with E-state index in [2.05, 4.69) is 23.3 Å². The first-order valence-electron chi connectivity index (χ1n) is 3.60. The van der Waals surface area contributed by atoms with Gasteiger partial charge in [-0.1, -0.05) is 13.3 Å². The molecule has 0 aliphatic carbocycles. The molecule has 64 valence electrons. The van der Waals surface area contributed by atoms with Gasteiger partial charge in [-0.05, 0) is 0 Å². The number of unbranched alkanes of at least 4 members (excludes halogenated alkanes) is 1. The summed E-state index contributed by atoms with van der Waals surface area (Å²) in [6, 6.07) is 0. The molecule has 0 saturated carbocycles. The maximum absolute atomic E-state index is 4.66. The fourth-order valence-corrected chi connectivity index (χ4v) is 0.167. The van der Waals surface area contributed by atoms with Crippen molar-refractivity contribution in [2.24, 2.45) is 0 Å². The zero-order chi connectivity index (χ0) is 8.24. The number of ether oxygens (including phenoxy) is 2. The summed E-state index contributed by atoms with van der Waals surface area (Å²) in [6.07, 6.45) is 2.28. The summed E-state index contributed by atoms with van der Waals surface area (Å²) in [5.41, 5.74) is 0. The van der Waals surface area contributed by atoms with Gasteiger partial charge in [-0.25, -0.2) is 0 Å². The van der Waals surface area contributed by atoms with E-state index in [-0.39, 0.29) is 18.9 Å². The maximum atomic E-state index is 4.66. The summed E-state index contributed by atoms with van der Waals surface area (Å²) in [7, 11) is 3.30. The molecule has 0 spiro atoms. The summed E-state index contributed by atoms with van der Waals surface area (Å²) in [5.74, 6) is 0. The van der Waals surface area contributed by atoms with Gasteiger partial charge >= 0.3 is 18.9 Å². The van der Waals surface area contributed by atoms with Crippen LogP contribution in [0.2, 0.25) is 0 Å². The van der Waals surface area contributed by atoms with Crippen LogP contribution in [0.3, 0.4) is 0 Å². The van der Waals surface area contributed by atoms with Crippen molar-refractivity contribution >= 4 is 0 Å². The van der Waals surface area contributed by atoms with E-state index in [4.69, 9.17) is 0 Å². The van der Waals surface area contributed by atoms with Crippen LogP contribution in [0, 0.1) is 6.92 Å². The van der Waals surface area contributed by atoms with Crippen molar-refractivity contribution in [1.82, 2.24) is 0 Å². The zero-order valence-corrected chi connectivity index (χ0v) is 8.35. The molecule has 0 unspecified atom stereocenters. The molecule has 0 aliphatic heterocycles. The topological polar surface area (TPSA) is 18.5 Å². The van der Waals surface area contributed by atoms with Gasteiger partial charge in [0, 0.05) is 14.2 Å². The maximum Gasteiger partial charge on any atom is 1.00 e. The Bertz CT molecular complexity index is 37.1. The molecular formula is C8H19LiO2. The molecule has 0 fully saturated rings. The van der Waals surface area contributed by atoms with Gasteiger partial charge in [-0.3, -0.25) is 0 Å². The van der Waals surface area contributed by atoms with E-state index < -0.39 is 0 Å². The van der Waals surface area contributed by atoms with Crippen molar-refractivity contribution < 1.29 is 28.3 Å². The van der Waals surface area contributed by atoms with E-state index in [0.717, 1.165) is 6.42 Å². The SMILES string of the molecule is COCCOC.[CH2-]CCC.[Li+]. The number of hydrogen-bond donors (Lipinski definition) is 0. The minimum absolute atomic E-state index is 0. The molecule has 0 rings (SSSR count). The molecule has 0 aromatic heterocycles. The van der Waals surface area contributed by atoms with Crippen LogP contribution in [-0.4, -0.2) is 27.4 Å². The molecule has 11 heavy (non-hydrogen) atoms. The third-order valence-electron chi connectivity index (χ3n) is 0.845. The van der Waals surface area contributed by atoms with Crippen molar-refractivity contribution in [3.05, 3.63) is 6.92 Å². The van der Waals surface area contributed by atoms with Crippen molar-refractivity contribution in [3.63, 3.8) is 0 Å². The molecule has 0 heterocycles. The molecule has 0 aromatic rings. The standard InChI is InChI=1S/C4H10O2.C4H9.Li/c1-5-3-4-6-2;1-3-4-2;/h3-4H2,1-2H3;1,3-4H2,2H3;/q;-1;+1. The predicted octanol–water partition coefficient (Wildman–Crippen LogP) is -1.10. The minimum atomic E-state index is 0. The van der Waals surface area contributed by atoms with E-state index in [9.17, 15) is 0 Å². The van der Waals surface area contributed by atoms with Crippen LogP contribution in [0.4, 0.5) is 0 Å². The molecule has 3 heteroatoms. The van der Waals surface area contributed by atoms with Gasteiger partial charge in [0.15, 0.2) is 0 Å². The smallest absolute Gasteiger partial charge is 0.382 e. The van der Waals surface area contributed by atoms with Crippen LogP contribution in [0.1, 0.15) is 19.8 Å². The third kappa shape index (κ3) is 37.4. The summed E-state index contributed by atoms with van der Waals surface area (Å²) in [6.45, 7) is 7.10. The molecule has 0 radical (unpaired) electrons. The zero-order valence-electron chi connectivity index (χ0n) is 8.35. The third-order valence-corrected chi connectivity index (χ3v) is 0.845. The number of rotatable bonds is 4. The van der Waals surface area contributed by atoms with Gasteiger partial charge in [0.05, 0.1) is 13.2 Å². The van der Waals surface area contributed by atoms with Crippen LogP contribution in [0.15, 0.2) is 0 Å². The first-order valence-corrected chi connectivity index (χ1v) is 3.60. The van der Waals surface area contributed by atoms with Gasteiger partial charge in [-0.2, -0.15) is 6.42 Å². The van der Waals surface area contributed by atoms with Gasteiger partial charge in [0.2, 0.25) is 0 Å². The average molecular weight is 154 g/mol. The van der Waals surface area contributed by atoms with Crippen LogP contribution < -0.4 is 18.9 Å². The summed E-state index contributed by atoms with van der Waals surface area (Å²) >= 11 is 0. The average Bonchev–Trinajstić information content (AvgIpc) is 2.01. The van der Waals surface area contributed by atoms with Crippen molar-refractivity contribution in [2.75, 3.05) is 27.4 Å². The largest absolute Gasteiger partial charge is 1.00 e. The molecule has 0 amide bonds. The molecule has 2 nitrogen and oxygen atoms in total. The second kappa shape index (κ2) is 22.4. The van der Waals surface area contributed by atoms with Gasteiger partial charge in [-0.15, -0.1) is 0 Å². The Morgan fingerprint density at radius 1 is 1.09 bits per heavy atom. The fraction of sp³-hybridized carbons (Fsp3) is 0.875. The fourth-order valence-electron chi connectivity index (χ4n) is 0.167. The first-order chi connectivity index (χ1) is 4.83. The summed E-state index contributed by atoms with van der Waals surface area (Å²) in [5, 5.41) is 0. The Kier molecular flexibility index (Phi) is 35.8. The van der Waals surface area contributed by atoms with Crippen LogP contribution in [-0.2, 0) is 9.47 Å². The predicted molar refractivity (Wildman–Crippen MR) is 44.0 cm³/mol. The molecule has 0 atom stereocenters. The Labute approximate surface area is 82.8 Å². The van der Waals surface area contributed by atoms with Crippen LogP contribution in [0.25, 0.3) is 0 Å². The van der Waals surface area contributed by atoms with E-state index >= 15 is 0 Å². The monoisotopic (exact) mass is 154 g/mol. The van der Waals surface area contributed by atoms with Gasteiger partial charge in [0.25, 0.3) is 0 Å². The normalized spacial score (nSPS) is 7.64. The first kappa shape index (κ1) is 17.6. The second-order valence-corrected chi connectivity index (χ2v) is 1.84. The molecule has 0 N–H and O–H groups in total. The van der Waals surface area contributed by atoms with Gasteiger partial charge in [0.1, 0.15) is 0 Å². The van der Waals surface area contributed by atoms with Crippen LogP contribution in [0.5, 0.6) is 0 Å². The molecular weight excluding hydrogens is 135 g/mol. The minimum Gasteiger partial charge on any atom is -0.382 e. The molecule has 0 saturated heterocycles. The Balaban J connectivity index is -0.000000114.